The second-order valence-electron chi connectivity index (χ2n) is 5.45. The zero-order valence-corrected chi connectivity index (χ0v) is 13.9. The SMILES string of the molecule is Cc1cc2cccc(NC(=O)Cn3cc(NS(C)(=O)=O)nn3)c2[nH]1. The van der Waals surface area contributed by atoms with Crippen LogP contribution in [0.25, 0.3) is 10.9 Å². The molecule has 2 heterocycles. The van der Waals surface area contributed by atoms with E-state index in [1.54, 1.807) is 6.07 Å². The highest BCUT2D eigenvalue weighted by Gasteiger charge is 2.11. The van der Waals surface area contributed by atoms with Gasteiger partial charge in [-0.05, 0) is 19.1 Å². The van der Waals surface area contributed by atoms with Gasteiger partial charge in [-0.25, -0.2) is 13.1 Å². The number of fused-ring (bicyclic) bond motifs is 1. The minimum absolute atomic E-state index is 0.0624. The van der Waals surface area contributed by atoms with E-state index in [1.807, 2.05) is 25.1 Å². The number of carbonyl (C=O) groups is 1. The first-order valence-electron chi connectivity index (χ1n) is 7.06. The molecule has 0 radical (unpaired) electrons. The van der Waals surface area contributed by atoms with E-state index in [4.69, 9.17) is 0 Å². The monoisotopic (exact) mass is 348 g/mol. The van der Waals surface area contributed by atoms with Crippen LogP contribution in [0.4, 0.5) is 11.5 Å². The Kier molecular flexibility index (Phi) is 3.97. The van der Waals surface area contributed by atoms with Crippen LogP contribution in [-0.4, -0.2) is 40.6 Å². The Labute approximate surface area is 138 Å². The van der Waals surface area contributed by atoms with Gasteiger partial charge < -0.3 is 10.3 Å². The van der Waals surface area contributed by atoms with Crippen LogP contribution in [0.15, 0.2) is 30.5 Å². The number of H-pyrrole nitrogens is 1. The van der Waals surface area contributed by atoms with Crippen LogP contribution in [0.1, 0.15) is 5.69 Å². The lowest BCUT2D eigenvalue weighted by Crippen LogP contribution is -2.19. The number of hydrogen-bond acceptors (Lipinski definition) is 5. The van der Waals surface area contributed by atoms with Crippen molar-refractivity contribution in [3.8, 4) is 0 Å². The first-order valence-corrected chi connectivity index (χ1v) is 8.95. The molecule has 0 aliphatic heterocycles. The van der Waals surface area contributed by atoms with E-state index >= 15 is 0 Å². The maximum atomic E-state index is 12.2. The van der Waals surface area contributed by atoms with Gasteiger partial charge in [0, 0.05) is 11.1 Å². The number of nitrogens with one attached hydrogen (secondary N) is 3. The molecule has 9 nitrogen and oxygen atoms in total. The Hall–Kier alpha value is -2.88. The van der Waals surface area contributed by atoms with Gasteiger partial charge in [0.2, 0.25) is 15.9 Å². The molecule has 0 aliphatic carbocycles. The first kappa shape index (κ1) is 16.0. The lowest BCUT2D eigenvalue weighted by molar-refractivity contribution is -0.116. The van der Waals surface area contributed by atoms with E-state index in [-0.39, 0.29) is 18.3 Å². The van der Waals surface area contributed by atoms with Crippen molar-refractivity contribution in [2.24, 2.45) is 0 Å². The molecular formula is C14H16N6O3S. The molecule has 3 N–H and O–H groups in total. The summed E-state index contributed by atoms with van der Waals surface area (Å²) < 4.78 is 25.7. The van der Waals surface area contributed by atoms with Gasteiger partial charge in [-0.2, -0.15) is 0 Å². The summed E-state index contributed by atoms with van der Waals surface area (Å²) >= 11 is 0. The predicted octanol–water partition coefficient (Wildman–Crippen LogP) is 1.08. The molecule has 1 amide bonds. The fraction of sp³-hybridized carbons (Fsp3) is 0.214. The molecule has 0 saturated carbocycles. The van der Waals surface area contributed by atoms with E-state index in [0.717, 1.165) is 22.9 Å². The van der Waals surface area contributed by atoms with Crippen LogP contribution < -0.4 is 10.0 Å². The average molecular weight is 348 g/mol. The summed E-state index contributed by atoms with van der Waals surface area (Å²) in [5.74, 6) is -0.238. The third kappa shape index (κ3) is 3.71. The first-order chi connectivity index (χ1) is 11.3. The van der Waals surface area contributed by atoms with Crippen LogP contribution in [0.2, 0.25) is 0 Å². The Balaban J connectivity index is 1.71. The maximum absolute atomic E-state index is 12.2. The minimum Gasteiger partial charge on any atom is -0.357 e. The number of nitrogens with zero attached hydrogens (tertiary/aromatic N) is 3. The Morgan fingerprint density at radius 3 is 2.92 bits per heavy atom. The Morgan fingerprint density at radius 1 is 1.38 bits per heavy atom. The van der Waals surface area contributed by atoms with Crippen molar-refractivity contribution in [1.82, 2.24) is 20.0 Å². The third-order valence-electron chi connectivity index (χ3n) is 3.20. The summed E-state index contributed by atoms with van der Waals surface area (Å²) in [5, 5.41) is 11.2. The van der Waals surface area contributed by atoms with Crippen LogP contribution in [0.3, 0.4) is 0 Å². The number of rotatable bonds is 5. The van der Waals surface area contributed by atoms with E-state index in [1.165, 1.54) is 10.9 Å². The summed E-state index contributed by atoms with van der Waals surface area (Å²) in [4.78, 5) is 15.4. The van der Waals surface area contributed by atoms with E-state index < -0.39 is 10.0 Å². The van der Waals surface area contributed by atoms with Crippen molar-refractivity contribution in [2.45, 2.75) is 13.5 Å². The van der Waals surface area contributed by atoms with Gasteiger partial charge in [0.15, 0.2) is 5.82 Å². The van der Waals surface area contributed by atoms with Crippen LogP contribution in [0.5, 0.6) is 0 Å². The number of anilines is 2. The second-order valence-corrected chi connectivity index (χ2v) is 7.19. The van der Waals surface area contributed by atoms with E-state index in [2.05, 4.69) is 25.3 Å². The highest BCUT2D eigenvalue weighted by Crippen LogP contribution is 2.23. The van der Waals surface area contributed by atoms with E-state index in [0.29, 0.717) is 5.69 Å². The summed E-state index contributed by atoms with van der Waals surface area (Å²) in [6.07, 6.45) is 2.36. The van der Waals surface area contributed by atoms with Gasteiger partial charge in [-0.15, -0.1) is 5.10 Å². The number of sulfonamides is 1. The lowest BCUT2D eigenvalue weighted by Gasteiger charge is -2.06. The smallest absolute Gasteiger partial charge is 0.246 e. The third-order valence-corrected chi connectivity index (χ3v) is 3.78. The molecule has 2 aromatic heterocycles. The molecule has 3 rings (SSSR count). The molecule has 0 unspecified atom stereocenters. The predicted molar refractivity (Wildman–Crippen MR) is 90.2 cm³/mol. The summed E-state index contributed by atoms with van der Waals surface area (Å²) in [5.41, 5.74) is 2.51. The largest absolute Gasteiger partial charge is 0.357 e. The molecule has 126 valence electrons. The number of aryl methyl sites for hydroxylation is 1. The van der Waals surface area contributed by atoms with Crippen molar-refractivity contribution in [2.75, 3.05) is 16.3 Å². The van der Waals surface area contributed by atoms with Crippen LogP contribution >= 0.6 is 0 Å². The number of hydrogen-bond donors (Lipinski definition) is 3. The Morgan fingerprint density at radius 2 is 2.17 bits per heavy atom. The lowest BCUT2D eigenvalue weighted by atomic mass is 10.2. The van der Waals surface area contributed by atoms with Gasteiger partial charge >= 0.3 is 0 Å². The molecular weight excluding hydrogens is 332 g/mol. The van der Waals surface area contributed by atoms with Crippen LogP contribution in [0, 0.1) is 6.92 Å². The number of amides is 1. The van der Waals surface area contributed by atoms with Crippen molar-refractivity contribution in [3.05, 3.63) is 36.2 Å². The average Bonchev–Trinajstić information content (AvgIpc) is 3.03. The summed E-state index contributed by atoms with van der Waals surface area (Å²) in [6, 6.07) is 7.60. The molecule has 24 heavy (non-hydrogen) atoms. The van der Waals surface area contributed by atoms with Gasteiger partial charge in [-0.1, -0.05) is 17.3 Å². The fourth-order valence-electron chi connectivity index (χ4n) is 2.35. The normalized spacial score (nSPS) is 11.6. The summed E-state index contributed by atoms with van der Waals surface area (Å²) in [6.45, 7) is 1.85. The van der Waals surface area contributed by atoms with Crippen LogP contribution in [-0.2, 0) is 21.4 Å². The van der Waals surface area contributed by atoms with Crippen molar-refractivity contribution in [3.63, 3.8) is 0 Å². The second kappa shape index (κ2) is 5.96. The van der Waals surface area contributed by atoms with Gasteiger partial charge in [-0.3, -0.25) is 9.52 Å². The molecule has 3 aromatic rings. The van der Waals surface area contributed by atoms with Gasteiger partial charge in [0.05, 0.1) is 23.7 Å². The number of para-hydroxylation sites is 1. The van der Waals surface area contributed by atoms with Crippen molar-refractivity contribution < 1.29 is 13.2 Å². The number of carbonyl (C=O) groups excluding carboxylic acids is 1. The number of aromatic amines is 1. The highest BCUT2D eigenvalue weighted by atomic mass is 32.2. The molecule has 10 heteroatoms. The topological polar surface area (TPSA) is 122 Å². The standard InChI is InChI=1S/C14H16N6O3S/c1-9-6-10-4-3-5-11(14(10)15-9)16-13(21)8-20-7-12(17-19-20)18-24(2,22)23/h3-7,15,18H,8H2,1-2H3,(H,16,21). The number of aromatic nitrogens is 4. The quantitative estimate of drug-likeness (QED) is 0.637. The zero-order valence-electron chi connectivity index (χ0n) is 13.1. The highest BCUT2D eigenvalue weighted by molar-refractivity contribution is 7.92. The molecule has 0 atom stereocenters. The Bertz CT molecular complexity index is 1000. The molecule has 0 saturated heterocycles. The molecule has 0 bridgehead atoms. The number of benzene rings is 1. The van der Waals surface area contributed by atoms with Gasteiger partial charge in [0.25, 0.3) is 0 Å². The summed E-state index contributed by atoms with van der Waals surface area (Å²) in [7, 11) is -3.43. The maximum Gasteiger partial charge on any atom is 0.246 e. The molecule has 0 fully saturated rings. The molecule has 1 aromatic carbocycles. The molecule has 0 spiro atoms. The minimum atomic E-state index is -3.43. The van der Waals surface area contributed by atoms with Crippen molar-refractivity contribution in [1.29, 1.82) is 0 Å². The zero-order chi connectivity index (χ0) is 17.3. The van der Waals surface area contributed by atoms with Gasteiger partial charge in [0.1, 0.15) is 6.54 Å². The fourth-order valence-corrected chi connectivity index (χ4v) is 2.82. The molecule has 0 aliphatic rings. The van der Waals surface area contributed by atoms with E-state index in [9.17, 15) is 13.2 Å². The van der Waals surface area contributed by atoms with Crippen molar-refractivity contribution >= 4 is 38.3 Å².